The van der Waals surface area contributed by atoms with Gasteiger partial charge < -0.3 is 11.1 Å². The Kier molecular flexibility index (Phi) is 4.35. The monoisotopic (exact) mass is 199 g/mol. The predicted molar refractivity (Wildman–Crippen MR) is 56.9 cm³/mol. The molecule has 1 fully saturated rings. The van der Waals surface area contributed by atoms with Gasteiger partial charge in [0.1, 0.15) is 0 Å². The van der Waals surface area contributed by atoms with Gasteiger partial charge in [0, 0.05) is 12.6 Å². The number of hydrogen-bond acceptors (Lipinski definition) is 3. The molecule has 1 aliphatic rings. The first-order valence-corrected chi connectivity index (χ1v) is 5.39. The zero-order valence-corrected chi connectivity index (χ0v) is 9.12. The van der Waals surface area contributed by atoms with E-state index in [9.17, 15) is 4.79 Å². The van der Waals surface area contributed by atoms with Crippen LogP contribution in [0.25, 0.3) is 0 Å². The van der Waals surface area contributed by atoms with Crippen LogP contribution in [0.3, 0.4) is 0 Å². The van der Waals surface area contributed by atoms with Crippen LogP contribution >= 0.6 is 0 Å². The van der Waals surface area contributed by atoms with Crippen molar-refractivity contribution in [1.29, 1.82) is 0 Å². The minimum absolute atomic E-state index is 0.206. The second-order valence-corrected chi connectivity index (χ2v) is 3.94. The van der Waals surface area contributed by atoms with Crippen molar-refractivity contribution < 1.29 is 4.79 Å². The third-order valence-electron chi connectivity index (χ3n) is 3.08. The fourth-order valence-electron chi connectivity index (χ4n) is 2.16. The molecule has 82 valence electrons. The fourth-order valence-corrected chi connectivity index (χ4v) is 2.16. The minimum Gasteiger partial charge on any atom is -0.368 e. The first-order chi connectivity index (χ1) is 6.69. The summed E-state index contributed by atoms with van der Waals surface area (Å²) in [5.41, 5.74) is 5.28. The van der Waals surface area contributed by atoms with Crippen molar-refractivity contribution in [3.8, 4) is 0 Å². The summed E-state index contributed by atoms with van der Waals surface area (Å²) in [4.78, 5) is 13.4. The summed E-state index contributed by atoms with van der Waals surface area (Å²) in [5, 5.41) is 2.96. The quantitative estimate of drug-likeness (QED) is 0.652. The molecule has 0 aliphatic carbocycles. The second kappa shape index (κ2) is 5.32. The topological polar surface area (TPSA) is 58.4 Å². The summed E-state index contributed by atoms with van der Waals surface area (Å²) in [7, 11) is 1.78. The SMILES string of the molecule is CCC1CCCN1CC(NC)C(N)=O. The summed E-state index contributed by atoms with van der Waals surface area (Å²) in [6.45, 7) is 4.05. The number of nitrogens with two attached hydrogens (primary N) is 1. The first kappa shape index (κ1) is 11.5. The lowest BCUT2D eigenvalue weighted by Crippen LogP contribution is -2.48. The molecular weight excluding hydrogens is 178 g/mol. The van der Waals surface area contributed by atoms with Gasteiger partial charge in [-0.1, -0.05) is 6.92 Å². The molecule has 2 unspecified atom stereocenters. The third-order valence-corrected chi connectivity index (χ3v) is 3.08. The number of carbonyl (C=O) groups excluding carboxylic acids is 1. The number of hydrogen-bond donors (Lipinski definition) is 2. The lowest BCUT2D eigenvalue weighted by Gasteiger charge is -2.26. The second-order valence-electron chi connectivity index (χ2n) is 3.94. The van der Waals surface area contributed by atoms with E-state index in [1.165, 1.54) is 12.8 Å². The lowest BCUT2D eigenvalue weighted by molar-refractivity contribution is -0.120. The third kappa shape index (κ3) is 2.69. The molecular formula is C10H21N3O. The molecule has 0 spiro atoms. The molecule has 1 saturated heterocycles. The van der Waals surface area contributed by atoms with E-state index in [1.807, 2.05) is 0 Å². The van der Waals surface area contributed by atoms with Gasteiger partial charge in [-0.05, 0) is 32.9 Å². The van der Waals surface area contributed by atoms with E-state index in [1.54, 1.807) is 7.05 Å². The average Bonchev–Trinajstić information content (AvgIpc) is 2.60. The molecule has 2 atom stereocenters. The average molecular weight is 199 g/mol. The summed E-state index contributed by atoms with van der Waals surface area (Å²) in [6.07, 6.45) is 3.66. The maximum absolute atomic E-state index is 11.0. The molecule has 4 nitrogen and oxygen atoms in total. The van der Waals surface area contributed by atoms with Crippen molar-refractivity contribution in [3.05, 3.63) is 0 Å². The Morgan fingerprint density at radius 3 is 2.93 bits per heavy atom. The van der Waals surface area contributed by atoms with Crippen LogP contribution in [0.5, 0.6) is 0 Å². The van der Waals surface area contributed by atoms with Gasteiger partial charge in [-0.15, -0.1) is 0 Å². The highest BCUT2D eigenvalue weighted by molar-refractivity contribution is 5.80. The molecule has 1 rings (SSSR count). The molecule has 3 N–H and O–H groups in total. The van der Waals surface area contributed by atoms with Crippen LogP contribution in [-0.2, 0) is 4.79 Å². The molecule has 0 aromatic heterocycles. The van der Waals surface area contributed by atoms with Crippen molar-refractivity contribution in [2.24, 2.45) is 5.73 Å². The van der Waals surface area contributed by atoms with Crippen molar-refractivity contribution in [2.45, 2.75) is 38.3 Å². The number of likely N-dealkylation sites (tertiary alicyclic amines) is 1. The smallest absolute Gasteiger partial charge is 0.235 e. The van der Waals surface area contributed by atoms with Crippen molar-refractivity contribution in [3.63, 3.8) is 0 Å². The van der Waals surface area contributed by atoms with Gasteiger partial charge in [0.15, 0.2) is 0 Å². The summed E-state index contributed by atoms with van der Waals surface area (Å²) >= 11 is 0. The van der Waals surface area contributed by atoms with E-state index in [4.69, 9.17) is 5.73 Å². The van der Waals surface area contributed by atoms with Gasteiger partial charge in [0.2, 0.25) is 5.91 Å². The highest BCUT2D eigenvalue weighted by Gasteiger charge is 2.26. The highest BCUT2D eigenvalue weighted by atomic mass is 16.1. The van der Waals surface area contributed by atoms with Gasteiger partial charge in [-0.2, -0.15) is 0 Å². The van der Waals surface area contributed by atoms with Crippen LogP contribution in [0.15, 0.2) is 0 Å². The Balaban J connectivity index is 2.45. The van der Waals surface area contributed by atoms with Crippen LogP contribution in [-0.4, -0.2) is 43.0 Å². The number of likely N-dealkylation sites (N-methyl/N-ethyl adjacent to an activating group) is 1. The maximum Gasteiger partial charge on any atom is 0.235 e. The molecule has 0 radical (unpaired) electrons. The van der Waals surface area contributed by atoms with E-state index in [0.29, 0.717) is 6.04 Å². The van der Waals surface area contributed by atoms with Gasteiger partial charge >= 0.3 is 0 Å². The summed E-state index contributed by atoms with van der Waals surface area (Å²) < 4.78 is 0. The van der Waals surface area contributed by atoms with E-state index in [-0.39, 0.29) is 11.9 Å². The molecule has 1 heterocycles. The van der Waals surface area contributed by atoms with Crippen LogP contribution in [0.1, 0.15) is 26.2 Å². The standard InChI is InChI=1S/C10H21N3O/c1-3-8-5-4-6-13(8)7-9(12-2)10(11)14/h8-9,12H,3-7H2,1-2H3,(H2,11,14). The van der Waals surface area contributed by atoms with Gasteiger partial charge in [-0.3, -0.25) is 9.69 Å². The number of carbonyl (C=O) groups is 1. The number of amides is 1. The molecule has 1 amide bonds. The molecule has 4 heteroatoms. The van der Waals surface area contributed by atoms with Crippen LogP contribution in [0.4, 0.5) is 0 Å². The molecule has 0 bridgehead atoms. The van der Waals surface area contributed by atoms with E-state index >= 15 is 0 Å². The Hall–Kier alpha value is -0.610. The Labute approximate surface area is 85.8 Å². The molecule has 0 aromatic rings. The van der Waals surface area contributed by atoms with E-state index in [2.05, 4.69) is 17.1 Å². The number of nitrogens with zero attached hydrogens (tertiary/aromatic N) is 1. The normalized spacial score (nSPS) is 25.1. The lowest BCUT2D eigenvalue weighted by atomic mass is 10.1. The minimum atomic E-state index is -0.255. The van der Waals surface area contributed by atoms with Gasteiger partial charge in [0.25, 0.3) is 0 Å². The summed E-state index contributed by atoms with van der Waals surface area (Å²) in [5.74, 6) is -0.255. The maximum atomic E-state index is 11.0. The van der Waals surface area contributed by atoms with Crippen LogP contribution in [0, 0.1) is 0 Å². The van der Waals surface area contributed by atoms with E-state index in [0.717, 1.165) is 19.5 Å². The van der Waals surface area contributed by atoms with Gasteiger partial charge in [-0.25, -0.2) is 0 Å². The van der Waals surface area contributed by atoms with Crippen molar-refractivity contribution in [1.82, 2.24) is 10.2 Å². The fraction of sp³-hybridized carbons (Fsp3) is 0.900. The van der Waals surface area contributed by atoms with Crippen LogP contribution < -0.4 is 11.1 Å². The van der Waals surface area contributed by atoms with Crippen molar-refractivity contribution >= 4 is 5.91 Å². The van der Waals surface area contributed by atoms with E-state index < -0.39 is 0 Å². The zero-order valence-electron chi connectivity index (χ0n) is 9.12. The summed E-state index contributed by atoms with van der Waals surface area (Å²) in [6, 6.07) is 0.437. The van der Waals surface area contributed by atoms with Crippen LogP contribution in [0.2, 0.25) is 0 Å². The Bertz CT molecular complexity index is 196. The molecule has 0 saturated carbocycles. The zero-order chi connectivity index (χ0) is 10.6. The predicted octanol–water partition coefficient (Wildman–Crippen LogP) is -0.0659. The highest BCUT2D eigenvalue weighted by Crippen LogP contribution is 2.19. The molecule has 0 aromatic carbocycles. The number of nitrogens with one attached hydrogen (secondary N) is 1. The molecule has 1 aliphatic heterocycles. The Morgan fingerprint density at radius 1 is 1.71 bits per heavy atom. The largest absolute Gasteiger partial charge is 0.368 e. The first-order valence-electron chi connectivity index (χ1n) is 5.39. The number of rotatable bonds is 5. The molecule has 14 heavy (non-hydrogen) atoms. The van der Waals surface area contributed by atoms with Gasteiger partial charge in [0.05, 0.1) is 6.04 Å². The Morgan fingerprint density at radius 2 is 2.43 bits per heavy atom. The number of primary amides is 1. The van der Waals surface area contributed by atoms with Crippen molar-refractivity contribution in [2.75, 3.05) is 20.1 Å².